The van der Waals surface area contributed by atoms with E-state index < -0.39 is 24.3 Å². The molecule has 2 aliphatic heterocycles. The van der Waals surface area contributed by atoms with E-state index in [1.165, 1.54) is 24.0 Å². The molecule has 9 heteroatoms. The highest BCUT2D eigenvalue weighted by atomic mass is 19.1. The number of carbonyl (C=O) groups excluding carboxylic acids is 2. The first-order chi connectivity index (χ1) is 13.4. The second-order valence-corrected chi connectivity index (χ2v) is 6.94. The van der Waals surface area contributed by atoms with Crippen LogP contribution >= 0.6 is 0 Å². The number of nitrogens with one attached hydrogen (secondary N) is 2. The number of carbonyl (C=O) groups is 2. The first-order valence-corrected chi connectivity index (χ1v) is 9.15. The van der Waals surface area contributed by atoms with E-state index in [9.17, 15) is 18.4 Å². The molecule has 0 radical (unpaired) electrons. The van der Waals surface area contributed by atoms with Crippen LogP contribution in [0.1, 0.15) is 36.8 Å². The largest absolute Gasteiger partial charge is 0.387 e. The molecule has 2 heterocycles. The molecule has 0 bridgehead atoms. The molecule has 0 spiro atoms. The van der Waals surface area contributed by atoms with Crippen molar-refractivity contribution in [2.75, 3.05) is 26.2 Å². The molecule has 1 aromatic carbocycles. The zero-order valence-electron chi connectivity index (χ0n) is 15.5. The fourth-order valence-corrected chi connectivity index (χ4v) is 3.54. The van der Waals surface area contributed by atoms with Gasteiger partial charge in [-0.25, -0.2) is 8.78 Å². The number of rotatable bonds is 5. The van der Waals surface area contributed by atoms with E-state index in [4.69, 9.17) is 9.94 Å². The van der Waals surface area contributed by atoms with Gasteiger partial charge in [0.15, 0.2) is 0 Å². The maximum Gasteiger partial charge on any atom is 0.248 e. The van der Waals surface area contributed by atoms with Crippen molar-refractivity contribution < 1.29 is 28.3 Å². The minimum Gasteiger partial charge on any atom is -0.387 e. The molecule has 1 atom stereocenters. The lowest BCUT2D eigenvalue weighted by Crippen LogP contribution is -2.39. The number of amides is 2. The lowest BCUT2D eigenvalue weighted by atomic mass is 9.87. The van der Waals surface area contributed by atoms with Crippen molar-refractivity contribution in [3.8, 4) is 0 Å². The van der Waals surface area contributed by atoms with Crippen LogP contribution in [0.5, 0.6) is 0 Å². The van der Waals surface area contributed by atoms with Crippen LogP contribution in [0.4, 0.5) is 8.78 Å². The summed E-state index contributed by atoms with van der Waals surface area (Å²) in [6.07, 6.45) is 2.09. The molecule has 1 fully saturated rings. The van der Waals surface area contributed by atoms with Crippen LogP contribution in [0.2, 0.25) is 0 Å². The average Bonchev–Trinajstić information content (AvgIpc) is 3.15. The van der Waals surface area contributed by atoms with E-state index in [-0.39, 0.29) is 29.8 Å². The monoisotopic (exact) mass is 395 g/mol. The predicted molar refractivity (Wildman–Crippen MR) is 96.7 cm³/mol. The average molecular weight is 395 g/mol. The summed E-state index contributed by atoms with van der Waals surface area (Å²) in [6.45, 7) is 1.79. The number of hydrogen-bond acceptors (Lipinski definition) is 5. The van der Waals surface area contributed by atoms with Crippen molar-refractivity contribution in [1.82, 2.24) is 15.7 Å². The van der Waals surface area contributed by atoms with Gasteiger partial charge in [0, 0.05) is 31.1 Å². The SMILES string of the molecule is CC(=O)NCC1C=C(c2cc(F)c(C3CCN(C(=O)CO)CC3)c(F)c2)NO1. The highest BCUT2D eigenvalue weighted by molar-refractivity contribution is 5.77. The van der Waals surface area contributed by atoms with Crippen LogP contribution in [-0.4, -0.2) is 54.2 Å². The van der Waals surface area contributed by atoms with Crippen LogP contribution in [0, 0.1) is 11.6 Å². The Hall–Kier alpha value is -2.52. The van der Waals surface area contributed by atoms with Crippen molar-refractivity contribution in [3.05, 3.63) is 41.0 Å². The molecule has 2 amide bonds. The Kier molecular flexibility index (Phi) is 6.25. The number of aliphatic hydroxyl groups excluding tert-OH is 1. The molecule has 3 rings (SSSR count). The van der Waals surface area contributed by atoms with Crippen molar-refractivity contribution in [2.24, 2.45) is 0 Å². The molecule has 2 aliphatic rings. The number of nitrogens with zero attached hydrogens (tertiary/aromatic N) is 1. The third kappa shape index (κ3) is 4.48. The molecule has 0 aliphatic carbocycles. The number of hydrogen-bond donors (Lipinski definition) is 3. The highest BCUT2D eigenvalue weighted by Crippen LogP contribution is 2.33. The van der Waals surface area contributed by atoms with Gasteiger partial charge in [0.1, 0.15) is 24.3 Å². The lowest BCUT2D eigenvalue weighted by molar-refractivity contribution is -0.135. The summed E-state index contributed by atoms with van der Waals surface area (Å²) < 4.78 is 29.4. The van der Waals surface area contributed by atoms with Gasteiger partial charge in [0.05, 0.1) is 12.2 Å². The summed E-state index contributed by atoms with van der Waals surface area (Å²) in [5, 5.41) is 11.5. The minimum atomic E-state index is -0.644. The van der Waals surface area contributed by atoms with Crippen molar-refractivity contribution in [3.63, 3.8) is 0 Å². The number of halogens is 2. The molecule has 1 saturated heterocycles. The fraction of sp³-hybridized carbons (Fsp3) is 0.474. The van der Waals surface area contributed by atoms with E-state index in [1.54, 1.807) is 6.08 Å². The van der Waals surface area contributed by atoms with Crippen LogP contribution in [0.15, 0.2) is 18.2 Å². The summed E-state index contributed by atoms with van der Waals surface area (Å²) in [6, 6.07) is 2.51. The summed E-state index contributed by atoms with van der Waals surface area (Å²) in [4.78, 5) is 29.3. The van der Waals surface area contributed by atoms with Gasteiger partial charge in [0.2, 0.25) is 11.8 Å². The zero-order chi connectivity index (χ0) is 20.3. The molecular formula is C19H23F2N3O4. The van der Waals surface area contributed by atoms with Gasteiger partial charge < -0.3 is 15.3 Å². The Morgan fingerprint density at radius 3 is 2.50 bits per heavy atom. The van der Waals surface area contributed by atoms with Gasteiger partial charge in [-0.1, -0.05) is 0 Å². The number of benzene rings is 1. The van der Waals surface area contributed by atoms with Crippen molar-refractivity contribution in [1.29, 1.82) is 0 Å². The summed E-state index contributed by atoms with van der Waals surface area (Å²) >= 11 is 0. The van der Waals surface area contributed by atoms with E-state index in [0.717, 1.165) is 0 Å². The number of piperidine rings is 1. The van der Waals surface area contributed by atoms with E-state index in [2.05, 4.69) is 10.8 Å². The van der Waals surface area contributed by atoms with E-state index in [0.29, 0.717) is 37.2 Å². The Labute approximate surface area is 161 Å². The molecule has 7 nitrogen and oxygen atoms in total. The predicted octanol–water partition coefficient (Wildman–Crippen LogP) is 1.04. The third-order valence-electron chi connectivity index (χ3n) is 5.01. The number of hydroxylamine groups is 1. The van der Waals surface area contributed by atoms with Gasteiger partial charge in [-0.2, -0.15) is 0 Å². The molecule has 152 valence electrons. The molecule has 1 aromatic rings. The second-order valence-electron chi connectivity index (χ2n) is 6.94. The minimum absolute atomic E-state index is 0.0224. The van der Waals surface area contributed by atoms with Crippen LogP contribution in [-0.2, 0) is 14.4 Å². The number of likely N-dealkylation sites (tertiary alicyclic amines) is 1. The quantitative estimate of drug-likeness (QED) is 0.693. The normalized spacial score (nSPS) is 19.9. The Morgan fingerprint density at radius 1 is 1.29 bits per heavy atom. The Bertz CT molecular complexity index is 768. The maximum absolute atomic E-state index is 14.7. The summed E-state index contributed by atoms with van der Waals surface area (Å²) in [7, 11) is 0. The summed E-state index contributed by atoms with van der Waals surface area (Å²) in [5.41, 5.74) is 3.41. The smallest absolute Gasteiger partial charge is 0.248 e. The van der Waals surface area contributed by atoms with Crippen LogP contribution in [0.3, 0.4) is 0 Å². The zero-order valence-corrected chi connectivity index (χ0v) is 15.5. The molecule has 0 aromatic heterocycles. The highest BCUT2D eigenvalue weighted by Gasteiger charge is 2.28. The van der Waals surface area contributed by atoms with E-state index in [1.807, 2.05) is 0 Å². The molecule has 3 N–H and O–H groups in total. The van der Waals surface area contributed by atoms with Gasteiger partial charge in [-0.05, 0) is 37.0 Å². The standard InChI is InChI=1S/C19H23F2N3O4/c1-11(26)22-9-14-8-17(23-28-14)13-6-15(20)19(16(21)7-13)12-2-4-24(5-3-12)18(27)10-25/h6-8,12,14,23,25H,2-5,9-10H2,1H3,(H,22,26). The number of aliphatic hydroxyl groups is 1. The first-order valence-electron chi connectivity index (χ1n) is 9.15. The third-order valence-corrected chi connectivity index (χ3v) is 5.01. The molecule has 28 heavy (non-hydrogen) atoms. The van der Waals surface area contributed by atoms with Crippen molar-refractivity contribution >= 4 is 17.5 Å². The van der Waals surface area contributed by atoms with Gasteiger partial charge in [-0.3, -0.25) is 19.9 Å². The van der Waals surface area contributed by atoms with E-state index >= 15 is 0 Å². The second kappa shape index (κ2) is 8.66. The molecule has 1 unspecified atom stereocenters. The van der Waals surface area contributed by atoms with Gasteiger partial charge in [-0.15, -0.1) is 0 Å². The molecular weight excluding hydrogens is 372 g/mol. The first kappa shape index (κ1) is 20.2. The topological polar surface area (TPSA) is 90.9 Å². The summed E-state index contributed by atoms with van der Waals surface area (Å²) in [5.74, 6) is -2.18. The van der Waals surface area contributed by atoms with Crippen LogP contribution < -0.4 is 10.8 Å². The Balaban J connectivity index is 1.71. The fourth-order valence-electron chi connectivity index (χ4n) is 3.54. The van der Waals surface area contributed by atoms with Gasteiger partial charge in [0.25, 0.3) is 0 Å². The Morgan fingerprint density at radius 2 is 1.93 bits per heavy atom. The maximum atomic E-state index is 14.7. The van der Waals surface area contributed by atoms with Crippen LogP contribution in [0.25, 0.3) is 5.70 Å². The lowest BCUT2D eigenvalue weighted by Gasteiger charge is -2.32. The molecule has 0 saturated carbocycles. The van der Waals surface area contributed by atoms with Crippen molar-refractivity contribution in [2.45, 2.75) is 31.8 Å². The van der Waals surface area contributed by atoms with Gasteiger partial charge >= 0.3 is 0 Å².